The van der Waals surface area contributed by atoms with Crippen molar-refractivity contribution in [3.8, 4) is 0 Å². The van der Waals surface area contributed by atoms with Gasteiger partial charge in [0.05, 0.1) is 0 Å². The van der Waals surface area contributed by atoms with E-state index < -0.39 is 0 Å². The SMILES string of the molecule is CC1C(S)CCCCN1C. The molecule has 0 aromatic carbocycles. The maximum absolute atomic E-state index is 4.54. The van der Waals surface area contributed by atoms with Crippen LogP contribution in [-0.2, 0) is 0 Å². The average Bonchev–Trinajstić information content (AvgIpc) is 2.04. The van der Waals surface area contributed by atoms with Crippen LogP contribution in [0.1, 0.15) is 26.2 Å². The molecule has 2 unspecified atom stereocenters. The van der Waals surface area contributed by atoms with Gasteiger partial charge in [-0.1, -0.05) is 6.42 Å². The van der Waals surface area contributed by atoms with Gasteiger partial charge in [-0.05, 0) is 33.4 Å². The Hall–Kier alpha value is 0.310. The van der Waals surface area contributed by atoms with Crippen molar-refractivity contribution in [3.63, 3.8) is 0 Å². The van der Waals surface area contributed by atoms with E-state index in [0.717, 1.165) is 0 Å². The molecule has 2 atom stereocenters. The predicted octanol–water partition coefficient (Wildman–Crippen LogP) is 1.79. The van der Waals surface area contributed by atoms with Crippen LogP contribution in [0.3, 0.4) is 0 Å². The summed E-state index contributed by atoms with van der Waals surface area (Å²) < 4.78 is 0. The Bertz CT molecular complexity index is 93.4. The monoisotopic (exact) mass is 159 g/mol. The van der Waals surface area contributed by atoms with Crippen LogP contribution in [0.25, 0.3) is 0 Å². The van der Waals surface area contributed by atoms with Crippen LogP contribution >= 0.6 is 12.6 Å². The summed E-state index contributed by atoms with van der Waals surface area (Å²) in [6, 6.07) is 0.658. The van der Waals surface area contributed by atoms with Gasteiger partial charge in [-0.25, -0.2) is 0 Å². The molecule has 0 aromatic heterocycles. The van der Waals surface area contributed by atoms with Gasteiger partial charge in [-0.3, -0.25) is 0 Å². The highest BCUT2D eigenvalue weighted by atomic mass is 32.1. The maximum atomic E-state index is 4.54. The number of hydrogen-bond donors (Lipinski definition) is 1. The summed E-state index contributed by atoms with van der Waals surface area (Å²) in [4.78, 5) is 2.41. The third-order valence-electron chi connectivity index (χ3n) is 2.51. The van der Waals surface area contributed by atoms with Gasteiger partial charge in [0.25, 0.3) is 0 Å². The van der Waals surface area contributed by atoms with Crippen molar-refractivity contribution in [3.05, 3.63) is 0 Å². The second-order valence-electron chi connectivity index (χ2n) is 3.28. The van der Waals surface area contributed by atoms with Crippen LogP contribution in [0.5, 0.6) is 0 Å². The Morgan fingerprint density at radius 2 is 2.10 bits per heavy atom. The molecule has 0 aromatic rings. The number of hydrogen-bond acceptors (Lipinski definition) is 2. The second-order valence-corrected chi connectivity index (χ2v) is 3.95. The van der Waals surface area contributed by atoms with Gasteiger partial charge in [0.2, 0.25) is 0 Å². The normalized spacial score (nSPS) is 37.5. The fourth-order valence-electron chi connectivity index (χ4n) is 1.45. The fraction of sp³-hybridized carbons (Fsp3) is 1.00. The third-order valence-corrected chi connectivity index (χ3v) is 3.20. The van der Waals surface area contributed by atoms with E-state index in [0.29, 0.717) is 11.3 Å². The lowest BCUT2D eigenvalue weighted by molar-refractivity contribution is 0.269. The Labute approximate surface area is 69.2 Å². The average molecular weight is 159 g/mol. The van der Waals surface area contributed by atoms with E-state index in [2.05, 4.69) is 31.5 Å². The first-order valence-electron chi connectivity index (χ1n) is 4.10. The molecule has 1 aliphatic heterocycles. The highest BCUT2D eigenvalue weighted by molar-refractivity contribution is 7.81. The number of thiol groups is 1. The van der Waals surface area contributed by atoms with Gasteiger partial charge in [0.15, 0.2) is 0 Å². The van der Waals surface area contributed by atoms with Crippen molar-refractivity contribution in [2.75, 3.05) is 13.6 Å². The molecule has 0 saturated carbocycles. The molecule has 1 heterocycles. The van der Waals surface area contributed by atoms with Gasteiger partial charge >= 0.3 is 0 Å². The van der Waals surface area contributed by atoms with Crippen LogP contribution in [0.2, 0.25) is 0 Å². The Morgan fingerprint density at radius 3 is 2.80 bits per heavy atom. The molecule has 1 saturated heterocycles. The van der Waals surface area contributed by atoms with E-state index in [9.17, 15) is 0 Å². The van der Waals surface area contributed by atoms with Gasteiger partial charge < -0.3 is 4.90 Å². The van der Waals surface area contributed by atoms with E-state index >= 15 is 0 Å². The molecular weight excluding hydrogens is 142 g/mol. The van der Waals surface area contributed by atoms with E-state index in [4.69, 9.17) is 0 Å². The summed E-state index contributed by atoms with van der Waals surface area (Å²) in [6.45, 7) is 3.52. The standard InChI is InChI=1S/C8H17NS/c1-7-8(10)5-3-4-6-9(7)2/h7-8,10H,3-6H2,1-2H3. The Morgan fingerprint density at radius 1 is 1.40 bits per heavy atom. The van der Waals surface area contributed by atoms with E-state index in [1.165, 1.54) is 25.8 Å². The molecular formula is C8H17NS. The van der Waals surface area contributed by atoms with Crippen molar-refractivity contribution in [1.29, 1.82) is 0 Å². The minimum atomic E-state index is 0.590. The lowest BCUT2D eigenvalue weighted by Crippen LogP contribution is -2.34. The molecule has 2 heteroatoms. The minimum absolute atomic E-state index is 0.590. The molecule has 0 radical (unpaired) electrons. The summed E-state index contributed by atoms with van der Waals surface area (Å²) in [7, 11) is 2.19. The van der Waals surface area contributed by atoms with Crippen LogP contribution in [0.15, 0.2) is 0 Å². The first kappa shape index (κ1) is 8.41. The van der Waals surface area contributed by atoms with Crippen molar-refractivity contribution in [1.82, 2.24) is 4.90 Å². The molecule has 0 aliphatic carbocycles. The van der Waals surface area contributed by atoms with Gasteiger partial charge in [-0.2, -0.15) is 12.6 Å². The van der Waals surface area contributed by atoms with Crippen molar-refractivity contribution < 1.29 is 0 Å². The summed E-state index contributed by atoms with van der Waals surface area (Å²) in [5, 5.41) is 0.590. The summed E-state index contributed by atoms with van der Waals surface area (Å²) in [6.07, 6.45) is 3.98. The van der Waals surface area contributed by atoms with Gasteiger partial charge in [0, 0.05) is 11.3 Å². The number of likely N-dealkylation sites (tertiary alicyclic amines) is 1. The van der Waals surface area contributed by atoms with Crippen molar-refractivity contribution in [2.45, 2.75) is 37.5 Å². The molecule has 1 rings (SSSR count). The van der Waals surface area contributed by atoms with Gasteiger partial charge in [-0.15, -0.1) is 0 Å². The molecule has 1 nitrogen and oxygen atoms in total. The Kier molecular flexibility index (Phi) is 3.05. The number of nitrogens with zero attached hydrogens (tertiary/aromatic N) is 1. The topological polar surface area (TPSA) is 3.24 Å². The highest BCUT2D eigenvalue weighted by Crippen LogP contribution is 2.19. The molecule has 0 N–H and O–H groups in total. The Balaban J connectivity index is 2.46. The lowest BCUT2D eigenvalue weighted by atomic mass is 10.1. The summed E-state index contributed by atoms with van der Waals surface area (Å²) in [5.74, 6) is 0. The van der Waals surface area contributed by atoms with Crippen LogP contribution in [-0.4, -0.2) is 29.8 Å². The zero-order chi connectivity index (χ0) is 7.56. The minimum Gasteiger partial charge on any atom is -0.303 e. The molecule has 1 fully saturated rings. The fourth-order valence-corrected chi connectivity index (χ4v) is 1.86. The first-order valence-corrected chi connectivity index (χ1v) is 4.62. The molecule has 0 bridgehead atoms. The van der Waals surface area contributed by atoms with Crippen molar-refractivity contribution >= 4 is 12.6 Å². The van der Waals surface area contributed by atoms with Gasteiger partial charge in [0.1, 0.15) is 0 Å². The smallest absolute Gasteiger partial charge is 0.0180 e. The maximum Gasteiger partial charge on any atom is 0.0180 e. The first-order chi connectivity index (χ1) is 4.72. The van der Waals surface area contributed by atoms with Crippen molar-refractivity contribution in [2.24, 2.45) is 0 Å². The van der Waals surface area contributed by atoms with E-state index in [1.807, 2.05) is 0 Å². The zero-order valence-electron chi connectivity index (χ0n) is 6.88. The summed E-state index contributed by atoms with van der Waals surface area (Å²) in [5.41, 5.74) is 0. The molecule has 10 heavy (non-hydrogen) atoms. The quantitative estimate of drug-likeness (QED) is 0.527. The van der Waals surface area contributed by atoms with Crippen LogP contribution < -0.4 is 0 Å². The second kappa shape index (κ2) is 3.63. The molecule has 0 amide bonds. The molecule has 0 spiro atoms. The zero-order valence-corrected chi connectivity index (χ0v) is 7.77. The highest BCUT2D eigenvalue weighted by Gasteiger charge is 2.19. The largest absolute Gasteiger partial charge is 0.303 e. The van der Waals surface area contributed by atoms with E-state index in [-0.39, 0.29) is 0 Å². The predicted molar refractivity (Wildman–Crippen MR) is 48.7 cm³/mol. The van der Waals surface area contributed by atoms with Crippen LogP contribution in [0.4, 0.5) is 0 Å². The molecule has 1 aliphatic rings. The molecule has 60 valence electrons. The summed E-state index contributed by atoms with van der Waals surface area (Å²) >= 11 is 4.54. The van der Waals surface area contributed by atoms with E-state index in [1.54, 1.807) is 0 Å². The van der Waals surface area contributed by atoms with Crippen LogP contribution in [0, 0.1) is 0 Å². The number of rotatable bonds is 0. The third kappa shape index (κ3) is 1.89. The lowest BCUT2D eigenvalue weighted by Gasteiger charge is -2.25.